The Hall–Kier alpha value is -4.01. The summed E-state index contributed by atoms with van der Waals surface area (Å²) in [6.07, 6.45) is 3.75. The number of anilines is 2. The minimum Gasteiger partial charge on any atom is -0.422 e. The van der Waals surface area contributed by atoms with E-state index in [1.165, 1.54) is 17.0 Å². The van der Waals surface area contributed by atoms with Crippen LogP contribution >= 0.6 is 0 Å². The fourth-order valence-corrected chi connectivity index (χ4v) is 9.16. The molecule has 2 aromatic carbocycles. The first-order valence-electron chi connectivity index (χ1n) is 18.1. The van der Waals surface area contributed by atoms with Crippen molar-refractivity contribution in [1.29, 1.82) is 0 Å². The number of piperazine rings is 1. The number of sulfonamides is 1. The number of likely N-dealkylation sites (N-methyl/N-ethyl adjacent to an activating group) is 1. The number of fused-ring (bicyclic) bond motifs is 3. The van der Waals surface area contributed by atoms with E-state index >= 15 is 4.39 Å². The van der Waals surface area contributed by atoms with Gasteiger partial charge in [0.25, 0.3) is 11.8 Å². The molecular weight excluding hydrogens is 690 g/mol. The van der Waals surface area contributed by atoms with Crippen LogP contribution in [0, 0.1) is 19.7 Å². The molecule has 0 bridgehead atoms. The van der Waals surface area contributed by atoms with E-state index in [0.29, 0.717) is 37.0 Å². The molecule has 14 heteroatoms. The Morgan fingerprint density at radius 2 is 1.83 bits per heavy atom. The zero-order valence-corrected chi connectivity index (χ0v) is 31.6. The van der Waals surface area contributed by atoms with Crippen LogP contribution < -0.4 is 20.1 Å². The number of carbonyl (C=O) groups is 2. The Kier molecular flexibility index (Phi) is 9.40. The van der Waals surface area contributed by atoms with E-state index in [2.05, 4.69) is 27.6 Å². The summed E-state index contributed by atoms with van der Waals surface area (Å²) in [5, 5.41) is 0.867. The quantitative estimate of drug-likeness (QED) is 0.320. The molecule has 4 aliphatic rings. The molecule has 3 heterocycles. The second kappa shape index (κ2) is 13.4. The van der Waals surface area contributed by atoms with Crippen molar-refractivity contribution in [2.75, 3.05) is 63.8 Å². The van der Waals surface area contributed by atoms with Gasteiger partial charge in [0.1, 0.15) is 5.58 Å². The van der Waals surface area contributed by atoms with E-state index in [1.807, 2.05) is 13.8 Å². The van der Waals surface area contributed by atoms with Crippen molar-refractivity contribution in [3.8, 4) is 0 Å². The summed E-state index contributed by atoms with van der Waals surface area (Å²) in [5.41, 5.74) is 3.58. The predicted molar refractivity (Wildman–Crippen MR) is 197 cm³/mol. The Balaban J connectivity index is 1.19. The number of benzene rings is 2. The number of hydrogen-bond acceptors (Lipinski definition) is 10. The minimum atomic E-state index is -3.98. The number of methoxy groups -OCH3 is 1. The van der Waals surface area contributed by atoms with Crippen LogP contribution in [0.3, 0.4) is 0 Å². The highest BCUT2D eigenvalue weighted by Crippen LogP contribution is 2.43. The Bertz CT molecular complexity index is 2130. The summed E-state index contributed by atoms with van der Waals surface area (Å²) in [6.45, 7) is 8.83. The SMILES string of the molecule is COC[C@H]1CN(c2cc(C)c3c4c(c(=O)oc3c2C)CN(C(=O)c2ccc(C(=O)NS(=O)(=O)C3(C)CC3)c(N(C)C3CCC3)c2F)CC4)CCN1C. The van der Waals surface area contributed by atoms with Gasteiger partial charge in [-0.2, -0.15) is 0 Å². The highest BCUT2D eigenvalue weighted by molar-refractivity contribution is 7.91. The lowest BCUT2D eigenvalue weighted by Crippen LogP contribution is -2.53. The fraction of sp³-hybridized carbons (Fsp3) is 0.553. The van der Waals surface area contributed by atoms with Crippen LogP contribution in [-0.2, 0) is 27.7 Å². The summed E-state index contributed by atoms with van der Waals surface area (Å²) in [5.74, 6) is -2.45. The maximum Gasteiger partial charge on any atom is 0.341 e. The first-order chi connectivity index (χ1) is 24.7. The highest BCUT2D eigenvalue weighted by Gasteiger charge is 2.51. The van der Waals surface area contributed by atoms with Crippen LogP contribution in [0.15, 0.2) is 27.4 Å². The van der Waals surface area contributed by atoms with E-state index in [0.717, 1.165) is 66.7 Å². The number of nitrogens with one attached hydrogen (secondary N) is 1. The summed E-state index contributed by atoms with van der Waals surface area (Å²) in [4.78, 5) is 48.7. The van der Waals surface area contributed by atoms with Gasteiger partial charge in [-0.05, 0) is 95.7 Å². The monoisotopic (exact) mass is 737 g/mol. The second-order valence-electron chi connectivity index (χ2n) is 15.3. The zero-order valence-electron chi connectivity index (χ0n) is 30.8. The zero-order chi connectivity index (χ0) is 37.3. The predicted octanol–water partition coefficient (Wildman–Crippen LogP) is 4.12. The van der Waals surface area contributed by atoms with E-state index in [-0.39, 0.29) is 42.0 Å². The van der Waals surface area contributed by atoms with Crippen LogP contribution in [0.25, 0.3) is 11.0 Å². The molecule has 12 nitrogen and oxygen atoms in total. The molecular formula is C38H48FN5O7S. The Morgan fingerprint density at radius 1 is 1.12 bits per heavy atom. The van der Waals surface area contributed by atoms with Crippen LogP contribution in [0.5, 0.6) is 0 Å². The normalized spacial score (nSPS) is 20.4. The molecule has 3 aromatic rings. The van der Waals surface area contributed by atoms with Gasteiger partial charge < -0.3 is 23.9 Å². The Labute approximate surface area is 303 Å². The van der Waals surface area contributed by atoms with E-state index < -0.39 is 38.0 Å². The molecule has 7 rings (SSSR count). The smallest absolute Gasteiger partial charge is 0.341 e. The van der Waals surface area contributed by atoms with Gasteiger partial charge in [0.2, 0.25) is 10.0 Å². The molecule has 2 aliphatic heterocycles. The molecule has 2 amide bonds. The van der Waals surface area contributed by atoms with Gasteiger partial charge in [0, 0.05) is 63.0 Å². The number of nitrogens with zero attached hydrogens (tertiary/aromatic N) is 4. The molecule has 0 radical (unpaired) electrons. The molecule has 0 spiro atoms. The molecule has 1 atom stereocenters. The lowest BCUT2D eigenvalue weighted by atomic mass is 9.90. The summed E-state index contributed by atoms with van der Waals surface area (Å²) < 4.78 is 55.0. The third-order valence-corrected chi connectivity index (χ3v) is 14.1. The largest absolute Gasteiger partial charge is 0.422 e. The molecule has 2 saturated carbocycles. The van der Waals surface area contributed by atoms with Crippen molar-refractivity contribution < 1.29 is 31.6 Å². The van der Waals surface area contributed by atoms with Crippen LogP contribution in [0.1, 0.15) is 82.0 Å². The van der Waals surface area contributed by atoms with Crippen molar-refractivity contribution >= 4 is 44.2 Å². The van der Waals surface area contributed by atoms with Gasteiger partial charge >= 0.3 is 5.63 Å². The minimum absolute atomic E-state index is 0.0565. The first-order valence-corrected chi connectivity index (χ1v) is 19.6. The van der Waals surface area contributed by atoms with Gasteiger partial charge in [-0.15, -0.1) is 0 Å². The van der Waals surface area contributed by atoms with Crippen molar-refractivity contribution in [1.82, 2.24) is 14.5 Å². The molecule has 1 saturated heterocycles. The van der Waals surface area contributed by atoms with Crippen LogP contribution in [0.4, 0.5) is 15.8 Å². The number of amides is 2. The standard InChI is InChI=1S/C38H48FN5O7S/c1-22-18-30(43-17-16-41(4)25(19-43)21-50-6)23(2)34-31(22)26-12-15-44(20-29(26)37(47)51-34)36(46)27-10-11-28(33(32(27)39)42(5)24-8-7-9-24)35(45)40-52(48,49)38(3)13-14-38/h10-11,18,24-25H,7-9,12-17,19-21H2,1-6H3,(H,40,45)/t25-/m1/s1. The summed E-state index contributed by atoms with van der Waals surface area (Å²) in [7, 11) is 1.49. The van der Waals surface area contributed by atoms with Gasteiger partial charge in [-0.3, -0.25) is 14.5 Å². The molecule has 52 heavy (non-hydrogen) atoms. The first kappa shape index (κ1) is 36.4. The van der Waals surface area contributed by atoms with E-state index in [4.69, 9.17) is 9.15 Å². The molecule has 0 unspecified atom stereocenters. The third kappa shape index (κ3) is 6.15. The van der Waals surface area contributed by atoms with Gasteiger partial charge in [0.15, 0.2) is 5.82 Å². The van der Waals surface area contributed by atoms with Gasteiger partial charge in [-0.25, -0.2) is 22.3 Å². The van der Waals surface area contributed by atoms with E-state index in [9.17, 15) is 22.8 Å². The molecule has 1 N–H and O–H groups in total. The maximum atomic E-state index is 16.6. The number of halogens is 1. The number of rotatable bonds is 9. The molecule has 2 aliphatic carbocycles. The fourth-order valence-electron chi connectivity index (χ4n) is 7.92. The van der Waals surface area contributed by atoms with Crippen molar-refractivity contribution in [3.63, 3.8) is 0 Å². The molecule has 280 valence electrons. The summed E-state index contributed by atoms with van der Waals surface area (Å²) >= 11 is 0. The van der Waals surface area contributed by atoms with E-state index in [1.54, 1.807) is 26.0 Å². The Morgan fingerprint density at radius 3 is 2.48 bits per heavy atom. The topological polar surface area (TPSA) is 133 Å². The number of aryl methyl sites for hydroxylation is 2. The van der Waals surface area contributed by atoms with Crippen molar-refractivity contribution in [2.45, 2.75) is 82.7 Å². The van der Waals surface area contributed by atoms with Crippen molar-refractivity contribution in [3.05, 3.63) is 67.8 Å². The van der Waals surface area contributed by atoms with Crippen LogP contribution in [0.2, 0.25) is 0 Å². The van der Waals surface area contributed by atoms with Gasteiger partial charge in [0.05, 0.1) is 46.3 Å². The lowest BCUT2D eigenvalue weighted by Gasteiger charge is -2.41. The second-order valence-corrected chi connectivity index (χ2v) is 17.5. The van der Waals surface area contributed by atoms with Crippen molar-refractivity contribution in [2.24, 2.45) is 0 Å². The average molecular weight is 738 g/mol. The number of carbonyl (C=O) groups excluding carboxylic acids is 2. The molecule has 3 fully saturated rings. The maximum absolute atomic E-state index is 16.6. The number of ether oxygens (including phenoxy) is 1. The average Bonchev–Trinajstić information content (AvgIpc) is 3.85. The molecule has 1 aromatic heterocycles. The van der Waals surface area contributed by atoms with Crippen LogP contribution in [-0.4, -0.2) is 101 Å². The summed E-state index contributed by atoms with van der Waals surface area (Å²) in [6, 6.07) is 4.88. The highest BCUT2D eigenvalue weighted by atomic mass is 32.2. The number of hydrogen-bond donors (Lipinski definition) is 1. The third-order valence-electron chi connectivity index (χ3n) is 11.9. The lowest BCUT2D eigenvalue weighted by molar-refractivity contribution is 0.0727. The van der Waals surface area contributed by atoms with Gasteiger partial charge in [-0.1, -0.05) is 0 Å².